The van der Waals surface area contributed by atoms with Crippen molar-refractivity contribution in [1.82, 2.24) is 0 Å². The van der Waals surface area contributed by atoms with Crippen LogP contribution in [0.3, 0.4) is 0 Å². The number of hydrogen-bond acceptors (Lipinski definition) is 2. The van der Waals surface area contributed by atoms with Crippen LogP contribution >= 0.6 is 0 Å². The molecule has 0 spiro atoms. The zero-order valence-electron chi connectivity index (χ0n) is 14.9. The van der Waals surface area contributed by atoms with Crippen LogP contribution in [-0.4, -0.2) is 5.97 Å². The molecule has 1 heterocycles. The number of cyclic esters (lactones) is 1. The highest BCUT2D eigenvalue weighted by Gasteiger charge is 2.49. The Hall–Kier alpha value is -2.87. The Morgan fingerprint density at radius 1 is 0.920 bits per heavy atom. The van der Waals surface area contributed by atoms with Crippen LogP contribution in [0.2, 0.25) is 0 Å². The number of esters is 1. The molecule has 0 aromatic heterocycles. The van der Waals surface area contributed by atoms with Gasteiger partial charge in [0.1, 0.15) is 0 Å². The van der Waals surface area contributed by atoms with Gasteiger partial charge in [0.15, 0.2) is 5.60 Å². The Morgan fingerprint density at radius 2 is 1.40 bits per heavy atom. The minimum atomic E-state index is -0.980. The lowest BCUT2D eigenvalue weighted by molar-refractivity contribution is -0.143. The maximum atomic E-state index is 12.6. The Bertz CT molecular complexity index is 820. The van der Waals surface area contributed by atoms with Gasteiger partial charge in [0.2, 0.25) is 0 Å². The molecule has 2 nitrogen and oxygen atoms in total. The Kier molecular flexibility index (Phi) is 4.45. The molecule has 0 radical (unpaired) electrons. The minimum Gasteiger partial charge on any atom is -0.441 e. The van der Waals surface area contributed by atoms with Gasteiger partial charge in [-0.3, -0.25) is 0 Å². The van der Waals surface area contributed by atoms with Gasteiger partial charge in [-0.15, -0.1) is 0 Å². The molecule has 2 aromatic rings. The first-order chi connectivity index (χ1) is 12.0. The molecule has 1 fully saturated rings. The van der Waals surface area contributed by atoms with Crippen molar-refractivity contribution < 1.29 is 9.53 Å². The maximum absolute atomic E-state index is 12.6. The van der Waals surface area contributed by atoms with E-state index in [2.05, 4.69) is 6.58 Å². The number of carbonyl (C=O) groups excluding carboxylic acids is 1. The summed E-state index contributed by atoms with van der Waals surface area (Å²) in [7, 11) is 0. The summed E-state index contributed by atoms with van der Waals surface area (Å²) in [6, 6.07) is 16.1. The van der Waals surface area contributed by atoms with Crippen LogP contribution in [0.4, 0.5) is 0 Å². The molecule has 0 atom stereocenters. The minimum absolute atomic E-state index is 0.343. The number of benzene rings is 2. The van der Waals surface area contributed by atoms with Crippen molar-refractivity contribution in [3.8, 4) is 0 Å². The average molecular weight is 330 g/mol. The summed E-state index contributed by atoms with van der Waals surface area (Å²) in [5.41, 5.74) is 4.33. The predicted molar refractivity (Wildman–Crippen MR) is 101 cm³/mol. The summed E-state index contributed by atoms with van der Waals surface area (Å²) in [6.07, 6.45) is 5.49. The van der Waals surface area contributed by atoms with Crippen LogP contribution in [0.25, 0.3) is 0 Å². The predicted octanol–water partition coefficient (Wildman–Crippen LogP) is 5.16. The van der Waals surface area contributed by atoms with Crippen LogP contribution in [0.15, 0.2) is 84.5 Å². The standard InChI is InChI=1S/C23H22O2/c1-5-6-7-21-18(4)23(25-22(21)24,19-12-8-16(2)9-13-19)20-14-10-17(3)11-15-20/h5-15H,4H2,1-3H3/b6-5-,21-7+. The highest BCUT2D eigenvalue weighted by atomic mass is 16.6. The Balaban J connectivity index is 2.24. The monoisotopic (exact) mass is 330 g/mol. The first-order valence-corrected chi connectivity index (χ1v) is 8.39. The molecule has 1 aliphatic heterocycles. The lowest BCUT2D eigenvalue weighted by atomic mass is 9.79. The van der Waals surface area contributed by atoms with Crippen molar-refractivity contribution in [1.29, 1.82) is 0 Å². The van der Waals surface area contributed by atoms with Gasteiger partial charge in [0.25, 0.3) is 0 Å². The number of ether oxygens (including phenoxy) is 1. The molecule has 1 aliphatic rings. The van der Waals surface area contributed by atoms with E-state index in [0.717, 1.165) is 22.3 Å². The number of aryl methyl sites for hydroxylation is 2. The molecular formula is C23H22O2. The summed E-state index contributed by atoms with van der Waals surface area (Å²) in [4.78, 5) is 12.6. The largest absolute Gasteiger partial charge is 0.441 e. The quantitative estimate of drug-likeness (QED) is 0.574. The molecule has 0 N–H and O–H groups in total. The van der Waals surface area contributed by atoms with Crippen LogP contribution in [-0.2, 0) is 15.1 Å². The fraction of sp³-hybridized carbons (Fsp3) is 0.174. The third-order valence-electron chi connectivity index (χ3n) is 4.59. The van der Waals surface area contributed by atoms with Gasteiger partial charge in [-0.2, -0.15) is 0 Å². The third-order valence-corrected chi connectivity index (χ3v) is 4.59. The molecule has 25 heavy (non-hydrogen) atoms. The number of hydrogen-bond donors (Lipinski definition) is 0. The smallest absolute Gasteiger partial charge is 0.340 e. The lowest BCUT2D eigenvalue weighted by Crippen LogP contribution is -2.28. The van der Waals surface area contributed by atoms with Crippen molar-refractivity contribution in [2.45, 2.75) is 26.4 Å². The van der Waals surface area contributed by atoms with Crippen molar-refractivity contribution >= 4 is 5.97 Å². The molecule has 126 valence electrons. The molecule has 2 aromatic carbocycles. The molecule has 0 amide bonds. The van der Waals surface area contributed by atoms with Gasteiger partial charge >= 0.3 is 5.97 Å². The maximum Gasteiger partial charge on any atom is 0.340 e. The van der Waals surface area contributed by atoms with E-state index >= 15 is 0 Å². The van der Waals surface area contributed by atoms with Crippen LogP contribution < -0.4 is 0 Å². The van der Waals surface area contributed by atoms with Crippen molar-refractivity contribution in [3.63, 3.8) is 0 Å². The number of carbonyl (C=O) groups is 1. The molecule has 0 saturated carbocycles. The first-order valence-electron chi connectivity index (χ1n) is 8.39. The van der Waals surface area contributed by atoms with E-state index in [0.29, 0.717) is 11.1 Å². The lowest BCUT2D eigenvalue weighted by Gasteiger charge is -2.30. The van der Waals surface area contributed by atoms with Gasteiger partial charge in [0, 0.05) is 16.7 Å². The van der Waals surface area contributed by atoms with Gasteiger partial charge in [0.05, 0.1) is 5.57 Å². The summed E-state index contributed by atoms with van der Waals surface area (Å²) >= 11 is 0. The molecular weight excluding hydrogens is 308 g/mol. The topological polar surface area (TPSA) is 26.3 Å². The molecule has 0 bridgehead atoms. The third kappa shape index (κ3) is 2.85. The molecule has 3 rings (SSSR count). The van der Waals surface area contributed by atoms with Crippen LogP contribution in [0.5, 0.6) is 0 Å². The van der Waals surface area contributed by atoms with Crippen molar-refractivity contribution in [3.05, 3.63) is 107 Å². The molecule has 1 saturated heterocycles. The normalized spacial score (nSPS) is 18.1. The van der Waals surface area contributed by atoms with E-state index in [1.165, 1.54) is 0 Å². The SMILES string of the molecule is C=C1/C(=C\C=C/C)C(=O)OC1(c1ccc(C)cc1)c1ccc(C)cc1. The van der Waals surface area contributed by atoms with E-state index in [-0.39, 0.29) is 5.97 Å². The zero-order chi connectivity index (χ0) is 18.0. The van der Waals surface area contributed by atoms with Gasteiger partial charge < -0.3 is 4.74 Å². The average Bonchev–Trinajstić information content (AvgIpc) is 2.86. The summed E-state index contributed by atoms with van der Waals surface area (Å²) in [5.74, 6) is -0.343. The summed E-state index contributed by atoms with van der Waals surface area (Å²) in [5, 5.41) is 0. The second-order valence-electron chi connectivity index (χ2n) is 6.39. The fourth-order valence-corrected chi connectivity index (χ4v) is 3.14. The molecule has 0 aliphatic carbocycles. The van der Waals surface area contributed by atoms with Crippen LogP contribution in [0, 0.1) is 13.8 Å². The Morgan fingerprint density at radius 3 is 1.84 bits per heavy atom. The van der Waals surface area contributed by atoms with Gasteiger partial charge in [-0.25, -0.2) is 4.79 Å². The Labute approximate surface area is 149 Å². The fourth-order valence-electron chi connectivity index (χ4n) is 3.14. The highest BCUT2D eigenvalue weighted by Crippen LogP contribution is 2.48. The zero-order valence-corrected chi connectivity index (χ0v) is 14.9. The van der Waals surface area contributed by atoms with Gasteiger partial charge in [-0.05, 0) is 26.8 Å². The second kappa shape index (κ2) is 6.56. The first kappa shape index (κ1) is 17.0. The van der Waals surface area contributed by atoms with Gasteiger partial charge in [-0.1, -0.05) is 78.4 Å². The number of rotatable bonds is 3. The van der Waals surface area contributed by atoms with Crippen molar-refractivity contribution in [2.24, 2.45) is 0 Å². The van der Waals surface area contributed by atoms with E-state index in [4.69, 9.17) is 4.74 Å². The number of allylic oxidation sites excluding steroid dienone is 3. The summed E-state index contributed by atoms with van der Waals surface area (Å²) < 4.78 is 5.98. The highest BCUT2D eigenvalue weighted by molar-refractivity contribution is 5.99. The summed E-state index contributed by atoms with van der Waals surface area (Å²) in [6.45, 7) is 10.2. The van der Waals surface area contributed by atoms with Crippen LogP contribution in [0.1, 0.15) is 29.2 Å². The van der Waals surface area contributed by atoms with E-state index < -0.39 is 5.60 Å². The van der Waals surface area contributed by atoms with E-state index in [9.17, 15) is 4.79 Å². The van der Waals surface area contributed by atoms with E-state index in [1.807, 2.05) is 81.5 Å². The van der Waals surface area contributed by atoms with E-state index in [1.54, 1.807) is 6.08 Å². The molecule has 0 unspecified atom stereocenters. The molecule has 2 heteroatoms. The van der Waals surface area contributed by atoms with Crippen molar-refractivity contribution in [2.75, 3.05) is 0 Å². The second-order valence-corrected chi connectivity index (χ2v) is 6.39.